The number of amides is 1. The number of hydrogen-bond donors (Lipinski definition) is 2. The molecule has 2 rings (SSSR count). The second kappa shape index (κ2) is 4.51. The van der Waals surface area contributed by atoms with Crippen molar-refractivity contribution >= 4 is 29.0 Å². The zero-order valence-electron chi connectivity index (χ0n) is 8.66. The van der Waals surface area contributed by atoms with E-state index in [1.165, 1.54) is 11.3 Å². The summed E-state index contributed by atoms with van der Waals surface area (Å²) in [6.07, 6.45) is 0. The van der Waals surface area contributed by atoms with E-state index in [2.05, 4.69) is 15.6 Å². The van der Waals surface area contributed by atoms with E-state index in [9.17, 15) is 4.79 Å². The molecule has 1 aliphatic rings. The van der Waals surface area contributed by atoms with E-state index >= 15 is 0 Å². The van der Waals surface area contributed by atoms with E-state index in [1.54, 1.807) is 11.8 Å². The fraction of sp³-hybridized carbons (Fsp3) is 0.556. The zero-order chi connectivity index (χ0) is 10.8. The summed E-state index contributed by atoms with van der Waals surface area (Å²) >= 11 is 3.16. The largest absolute Gasteiger partial charge is 0.327 e. The monoisotopic (exact) mass is 243 g/mol. The minimum atomic E-state index is -0.0231. The Bertz CT molecular complexity index is 371. The van der Waals surface area contributed by atoms with Crippen molar-refractivity contribution in [1.82, 2.24) is 15.6 Å². The van der Waals surface area contributed by atoms with E-state index in [0.717, 1.165) is 27.9 Å². The van der Waals surface area contributed by atoms with Crippen LogP contribution in [-0.2, 0) is 0 Å². The second-order valence-corrected chi connectivity index (χ2v) is 5.74. The van der Waals surface area contributed by atoms with Gasteiger partial charge in [0.25, 0.3) is 5.91 Å². The lowest BCUT2D eigenvalue weighted by atomic mass is 10.4. The molecule has 0 aliphatic carbocycles. The summed E-state index contributed by atoms with van der Waals surface area (Å²) in [5.74, 6) is 1.02. The third kappa shape index (κ3) is 2.50. The molecule has 0 saturated carbocycles. The Morgan fingerprint density at radius 3 is 2.93 bits per heavy atom. The first-order valence-electron chi connectivity index (χ1n) is 4.76. The highest BCUT2D eigenvalue weighted by molar-refractivity contribution is 8.00. The Labute approximate surface area is 96.9 Å². The molecule has 1 atom stereocenters. The average Bonchev–Trinajstić information content (AvgIpc) is 2.75. The fourth-order valence-electron chi connectivity index (χ4n) is 1.45. The Kier molecular flexibility index (Phi) is 3.28. The third-order valence-electron chi connectivity index (χ3n) is 2.09. The van der Waals surface area contributed by atoms with Crippen LogP contribution in [0.25, 0.3) is 0 Å². The van der Waals surface area contributed by atoms with Gasteiger partial charge in [-0.3, -0.25) is 10.1 Å². The van der Waals surface area contributed by atoms with Crippen LogP contribution in [0.5, 0.6) is 0 Å². The van der Waals surface area contributed by atoms with Gasteiger partial charge in [0.2, 0.25) is 0 Å². The second-order valence-electron chi connectivity index (χ2n) is 3.33. The van der Waals surface area contributed by atoms with Gasteiger partial charge in [-0.05, 0) is 13.8 Å². The summed E-state index contributed by atoms with van der Waals surface area (Å²) in [4.78, 5) is 16.8. The topological polar surface area (TPSA) is 54.0 Å². The number of nitrogens with one attached hydrogen (secondary N) is 2. The summed E-state index contributed by atoms with van der Waals surface area (Å²) in [7, 11) is 0. The Morgan fingerprint density at radius 2 is 2.40 bits per heavy atom. The Balaban J connectivity index is 2.03. The van der Waals surface area contributed by atoms with Gasteiger partial charge in [-0.15, -0.1) is 23.1 Å². The SMILES string of the molecule is Cc1nc(C)c(C(=O)NC2NCCS2)s1. The molecule has 1 aromatic rings. The summed E-state index contributed by atoms with van der Waals surface area (Å²) < 4.78 is 0. The van der Waals surface area contributed by atoms with E-state index in [-0.39, 0.29) is 11.4 Å². The lowest BCUT2D eigenvalue weighted by Gasteiger charge is -2.10. The quantitative estimate of drug-likeness (QED) is 0.817. The van der Waals surface area contributed by atoms with Crippen LogP contribution in [0.15, 0.2) is 0 Å². The van der Waals surface area contributed by atoms with Gasteiger partial charge in [0.05, 0.1) is 10.7 Å². The molecule has 0 radical (unpaired) electrons. The van der Waals surface area contributed by atoms with Crippen LogP contribution in [-0.4, -0.2) is 28.7 Å². The minimum Gasteiger partial charge on any atom is -0.327 e. The molecule has 1 aromatic heterocycles. The summed E-state index contributed by atoms with van der Waals surface area (Å²) in [6.45, 7) is 4.74. The highest BCUT2D eigenvalue weighted by atomic mass is 32.2. The number of rotatable bonds is 2. The van der Waals surface area contributed by atoms with Crippen molar-refractivity contribution < 1.29 is 4.79 Å². The summed E-state index contributed by atoms with van der Waals surface area (Å²) in [5.41, 5.74) is 0.873. The minimum absolute atomic E-state index is 0.0231. The van der Waals surface area contributed by atoms with Gasteiger partial charge >= 0.3 is 0 Å². The van der Waals surface area contributed by atoms with Crippen molar-refractivity contribution in [2.75, 3.05) is 12.3 Å². The molecule has 82 valence electrons. The van der Waals surface area contributed by atoms with E-state index in [4.69, 9.17) is 0 Å². The van der Waals surface area contributed by atoms with Crippen molar-refractivity contribution in [3.63, 3.8) is 0 Å². The highest BCUT2D eigenvalue weighted by Crippen LogP contribution is 2.18. The predicted molar refractivity (Wildman–Crippen MR) is 63.3 cm³/mol. The first kappa shape index (κ1) is 10.9. The van der Waals surface area contributed by atoms with Crippen LogP contribution in [0, 0.1) is 13.8 Å². The van der Waals surface area contributed by atoms with Crippen molar-refractivity contribution in [3.8, 4) is 0 Å². The molecule has 0 spiro atoms. The Morgan fingerprint density at radius 1 is 1.60 bits per heavy atom. The maximum absolute atomic E-state index is 11.8. The molecule has 4 nitrogen and oxygen atoms in total. The van der Waals surface area contributed by atoms with Crippen LogP contribution >= 0.6 is 23.1 Å². The number of aromatic nitrogens is 1. The average molecular weight is 243 g/mol. The van der Waals surface area contributed by atoms with Crippen molar-refractivity contribution in [3.05, 3.63) is 15.6 Å². The lowest BCUT2D eigenvalue weighted by Crippen LogP contribution is -2.39. The molecular formula is C9H13N3OS2. The lowest BCUT2D eigenvalue weighted by molar-refractivity contribution is 0.0950. The van der Waals surface area contributed by atoms with Crippen LogP contribution in [0.3, 0.4) is 0 Å². The van der Waals surface area contributed by atoms with E-state index in [1.807, 2.05) is 13.8 Å². The number of nitrogens with zero attached hydrogens (tertiary/aromatic N) is 1. The first-order valence-corrected chi connectivity index (χ1v) is 6.63. The number of hydrogen-bond acceptors (Lipinski definition) is 5. The first-order chi connectivity index (χ1) is 7.16. The number of aryl methyl sites for hydroxylation is 2. The van der Waals surface area contributed by atoms with Gasteiger partial charge < -0.3 is 5.32 Å². The molecule has 6 heteroatoms. The van der Waals surface area contributed by atoms with Crippen molar-refractivity contribution in [1.29, 1.82) is 0 Å². The molecule has 2 heterocycles. The standard InChI is InChI=1S/C9H13N3OS2/c1-5-7(15-6(2)11-5)8(13)12-9-10-3-4-14-9/h9-10H,3-4H2,1-2H3,(H,12,13). The van der Waals surface area contributed by atoms with Gasteiger partial charge in [0.15, 0.2) is 0 Å². The molecule has 2 N–H and O–H groups in total. The molecular weight excluding hydrogens is 230 g/mol. The summed E-state index contributed by atoms with van der Waals surface area (Å²) in [6, 6.07) is 0. The number of carbonyl (C=O) groups excluding carboxylic acids is 1. The van der Waals surface area contributed by atoms with Crippen molar-refractivity contribution in [2.45, 2.75) is 19.3 Å². The maximum atomic E-state index is 11.8. The molecule has 1 aliphatic heterocycles. The molecule has 15 heavy (non-hydrogen) atoms. The van der Waals surface area contributed by atoms with Crippen LogP contribution < -0.4 is 10.6 Å². The van der Waals surface area contributed by atoms with E-state index < -0.39 is 0 Å². The van der Waals surface area contributed by atoms with Crippen molar-refractivity contribution in [2.24, 2.45) is 0 Å². The maximum Gasteiger partial charge on any atom is 0.265 e. The number of carbonyl (C=O) groups is 1. The third-order valence-corrected chi connectivity index (χ3v) is 4.22. The summed E-state index contributed by atoms with van der Waals surface area (Å²) in [5, 5.41) is 7.07. The van der Waals surface area contributed by atoms with Crippen LogP contribution in [0.4, 0.5) is 0 Å². The molecule has 1 saturated heterocycles. The number of thioether (sulfide) groups is 1. The number of thiazole rings is 1. The van der Waals surface area contributed by atoms with Gasteiger partial charge in [0.1, 0.15) is 10.4 Å². The molecule has 0 bridgehead atoms. The fourth-order valence-corrected chi connectivity index (χ4v) is 3.17. The zero-order valence-corrected chi connectivity index (χ0v) is 10.3. The van der Waals surface area contributed by atoms with Gasteiger partial charge in [0, 0.05) is 12.3 Å². The molecule has 0 aromatic carbocycles. The smallest absolute Gasteiger partial charge is 0.265 e. The molecule has 1 unspecified atom stereocenters. The van der Waals surface area contributed by atoms with Crippen LogP contribution in [0.1, 0.15) is 20.4 Å². The predicted octanol–water partition coefficient (Wildman–Crippen LogP) is 1.11. The molecule has 1 amide bonds. The highest BCUT2D eigenvalue weighted by Gasteiger charge is 2.20. The molecule has 1 fully saturated rings. The normalized spacial score (nSPS) is 20.5. The van der Waals surface area contributed by atoms with E-state index in [0.29, 0.717) is 0 Å². The van der Waals surface area contributed by atoms with Crippen LogP contribution in [0.2, 0.25) is 0 Å². The van der Waals surface area contributed by atoms with Gasteiger partial charge in [-0.1, -0.05) is 0 Å². The Hall–Kier alpha value is -0.590. The van der Waals surface area contributed by atoms with Gasteiger partial charge in [-0.25, -0.2) is 4.98 Å². The van der Waals surface area contributed by atoms with Gasteiger partial charge in [-0.2, -0.15) is 0 Å².